The minimum atomic E-state index is -0.704. The molecule has 22 heavy (non-hydrogen) atoms. The Bertz CT molecular complexity index is 688. The van der Waals surface area contributed by atoms with Gasteiger partial charge in [0.2, 0.25) is 0 Å². The highest BCUT2D eigenvalue weighted by molar-refractivity contribution is 9.10. The van der Waals surface area contributed by atoms with Crippen molar-refractivity contribution in [3.63, 3.8) is 0 Å². The monoisotopic (exact) mass is 364 g/mol. The molecule has 0 saturated heterocycles. The first-order valence-corrected chi connectivity index (χ1v) is 7.22. The molecule has 0 spiro atoms. The van der Waals surface area contributed by atoms with Crippen LogP contribution in [0.1, 0.15) is 6.92 Å². The maximum Gasteiger partial charge on any atom is 0.269 e. The second-order valence-electron chi connectivity index (χ2n) is 4.51. The van der Waals surface area contributed by atoms with Crippen LogP contribution in [-0.2, 0) is 4.79 Å². The zero-order valence-corrected chi connectivity index (χ0v) is 13.2. The number of benzene rings is 2. The molecule has 114 valence electrons. The zero-order valence-electron chi connectivity index (χ0n) is 11.7. The van der Waals surface area contributed by atoms with Gasteiger partial charge in [0.25, 0.3) is 11.6 Å². The fourth-order valence-electron chi connectivity index (χ4n) is 1.71. The molecule has 1 atom stereocenters. The van der Waals surface area contributed by atoms with Crippen molar-refractivity contribution in [2.75, 3.05) is 5.32 Å². The van der Waals surface area contributed by atoms with E-state index in [-0.39, 0.29) is 11.6 Å². The van der Waals surface area contributed by atoms with Gasteiger partial charge < -0.3 is 10.1 Å². The lowest BCUT2D eigenvalue weighted by Gasteiger charge is -2.14. The van der Waals surface area contributed by atoms with E-state index in [1.165, 1.54) is 24.3 Å². The van der Waals surface area contributed by atoms with Crippen molar-refractivity contribution in [2.45, 2.75) is 13.0 Å². The van der Waals surface area contributed by atoms with Crippen LogP contribution in [0.15, 0.2) is 53.0 Å². The summed E-state index contributed by atoms with van der Waals surface area (Å²) in [6.07, 6.45) is -0.704. The summed E-state index contributed by atoms with van der Waals surface area (Å²) in [4.78, 5) is 22.1. The molecule has 0 unspecified atom stereocenters. The molecular weight excluding hydrogens is 352 g/mol. The van der Waals surface area contributed by atoms with Crippen LogP contribution in [0.3, 0.4) is 0 Å². The average Bonchev–Trinajstić information content (AvgIpc) is 2.47. The van der Waals surface area contributed by atoms with Crippen molar-refractivity contribution >= 4 is 33.2 Å². The Kier molecular flexibility index (Phi) is 5.11. The van der Waals surface area contributed by atoms with Gasteiger partial charge in [0.1, 0.15) is 5.75 Å². The second-order valence-corrected chi connectivity index (χ2v) is 5.43. The highest BCUT2D eigenvalue weighted by Crippen LogP contribution is 2.20. The number of carbonyl (C=O) groups excluding carboxylic acids is 1. The third-order valence-electron chi connectivity index (χ3n) is 2.82. The van der Waals surface area contributed by atoms with Gasteiger partial charge in [-0.05, 0) is 37.3 Å². The van der Waals surface area contributed by atoms with Gasteiger partial charge in [-0.3, -0.25) is 14.9 Å². The molecule has 6 nitrogen and oxygen atoms in total. The van der Waals surface area contributed by atoms with Crippen molar-refractivity contribution in [1.82, 2.24) is 0 Å². The molecular formula is C15H13BrN2O4. The first-order valence-electron chi connectivity index (χ1n) is 6.43. The highest BCUT2D eigenvalue weighted by Gasteiger charge is 2.15. The summed E-state index contributed by atoms with van der Waals surface area (Å²) in [5, 5.41) is 13.2. The third-order valence-corrected chi connectivity index (χ3v) is 3.32. The molecule has 0 saturated carbocycles. The number of ether oxygens (including phenoxy) is 1. The lowest BCUT2D eigenvalue weighted by molar-refractivity contribution is -0.384. The summed E-state index contributed by atoms with van der Waals surface area (Å²) in [7, 11) is 0. The summed E-state index contributed by atoms with van der Waals surface area (Å²) in [5.41, 5.74) is 0.441. The first kappa shape index (κ1) is 16.0. The Morgan fingerprint density at radius 2 is 1.95 bits per heavy atom. The summed E-state index contributed by atoms with van der Waals surface area (Å²) in [6, 6.07) is 12.8. The summed E-state index contributed by atoms with van der Waals surface area (Å²) >= 11 is 3.33. The van der Waals surface area contributed by atoms with Crippen LogP contribution in [0.2, 0.25) is 0 Å². The van der Waals surface area contributed by atoms with Crippen LogP contribution in [0, 0.1) is 10.1 Å². The largest absolute Gasteiger partial charge is 0.481 e. The van der Waals surface area contributed by atoms with E-state index in [1.54, 1.807) is 25.1 Å². The molecule has 0 heterocycles. The molecule has 0 bridgehead atoms. The Morgan fingerprint density at radius 1 is 1.27 bits per heavy atom. The van der Waals surface area contributed by atoms with Crippen molar-refractivity contribution in [3.8, 4) is 5.75 Å². The predicted octanol–water partition coefficient (Wildman–Crippen LogP) is 3.76. The quantitative estimate of drug-likeness (QED) is 0.646. The van der Waals surface area contributed by atoms with Crippen LogP contribution in [0.4, 0.5) is 11.4 Å². The average molecular weight is 365 g/mol. The smallest absolute Gasteiger partial charge is 0.269 e. The van der Waals surface area contributed by atoms with Crippen LogP contribution in [0.5, 0.6) is 5.75 Å². The minimum Gasteiger partial charge on any atom is -0.481 e. The van der Waals surface area contributed by atoms with E-state index in [2.05, 4.69) is 21.2 Å². The van der Waals surface area contributed by atoms with Gasteiger partial charge in [-0.25, -0.2) is 0 Å². The number of halogens is 1. The SMILES string of the molecule is C[C@H](Oc1cccc(Br)c1)C(=O)Nc1ccc([N+](=O)[O-])cc1. The lowest BCUT2D eigenvalue weighted by atomic mass is 10.2. The number of nitrogens with one attached hydrogen (secondary N) is 1. The molecule has 0 radical (unpaired) electrons. The van der Waals surface area contributed by atoms with Crippen LogP contribution < -0.4 is 10.1 Å². The van der Waals surface area contributed by atoms with E-state index in [1.807, 2.05) is 6.07 Å². The lowest BCUT2D eigenvalue weighted by Crippen LogP contribution is -2.30. The normalized spacial score (nSPS) is 11.5. The van der Waals surface area contributed by atoms with E-state index in [0.717, 1.165) is 4.47 Å². The van der Waals surface area contributed by atoms with Crippen molar-refractivity contribution < 1.29 is 14.5 Å². The van der Waals surface area contributed by atoms with E-state index in [9.17, 15) is 14.9 Å². The van der Waals surface area contributed by atoms with Gasteiger partial charge in [-0.15, -0.1) is 0 Å². The van der Waals surface area contributed by atoms with Crippen LogP contribution in [0.25, 0.3) is 0 Å². The number of rotatable bonds is 5. The number of carbonyl (C=O) groups is 1. The van der Waals surface area contributed by atoms with Gasteiger partial charge in [-0.2, -0.15) is 0 Å². The number of hydrogen-bond acceptors (Lipinski definition) is 4. The number of nitro groups is 1. The molecule has 0 fully saturated rings. The first-order chi connectivity index (χ1) is 10.5. The molecule has 0 aliphatic rings. The molecule has 1 N–H and O–H groups in total. The molecule has 0 aliphatic heterocycles. The van der Waals surface area contributed by atoms with Crippen molar-refractivity contribution in [2.24, 2.45) is 0 Å². The Hall–Kier alpha value is -2.41. The summed E-state index contributed by atoms with van der Waals surface area (Å²) in [5.74, 6) is 0.231. The number of nitro benzene ring substituents is 1. The van der Waals surface area contributed by atoms with Gasteiger partial charge in [0.15, 0.2) is 6.10 Å². The Balaban J connectivity index is 1.97. The van der Waals surface area contributed by atoms with Crippen molar-refractivity contribution in [1.29, 1.82) is 0 Å². The van der Waals surface area contributed by atoms with Gasteiger partial charge in [0, 0.05) is 22.3 Å². The number of nitrogens with zero attached hydrogens (tertiary/aromatic N) is 1. The molecule has 0 aromatic heterocycles. The molecule has 2 aromatic rings. The van der Waals surface area contributed by atoms with E-state index in [0.29, 0.717) is 11.4 Å². The number of hydrogen-bond donors (Lipinski definition) is 1. The topological polar surface area (TPSA) is 81.5 Å². The van der Waals surface area contributed by atoms with Gasteiger partial charge >= 0.3 is 0 Å². The predicted molar refractivity (Wildman–Crippen MR) is 86.0 cm³/mol. The summed E-state index contributed by atoms with van der Waals surface area (Å²) < 4.78 is 6.40. The molecule has 1 amide bonds. The minimum absolute atomic E-state index is 0.0311. The van der Waals surface area contributed by atoms with Crippen LogP contribution >= 0.6 is 15.9 Å². The third kappa shape index (κ3) is 4.29. The summed E-state index contributed by atoms with van der Waals surface area (Å²) in [6.45, 7) is 1.63. The van der Waals surface area contributed by atoms with Gasteiger partial charge in [0.05, 0.1) is 4.92 Å². The van der Waals surface area contributed by atoms with E-state index in [4.69, 9.17) is 4.74 Å². The van der Waals surface area contributed by atoms with Crippen molar-refractivity contribution in [3.05, 3.63) is 63.1 Å². The van der Waals surface area contributed by atoms with Crippen LogP contribution in [-0.4, -0.2) is 16.9 Å². The fourth-order valence-corrected chi connectivity index (χ4v) is 2.09. The Labute approximate surface area is 135 Å². The number of non-ortho nitro benzene ring substituents is 1. The van der Waals surface area contributed by atoms with E-state index >= 15 is 0 Å². The molecule has 7 heteroatoms. The molecule has 2 rings (SSSR count). The zero-order chi connectivity index (χ0) is 16.1. The molecule has 0 aliphatic carbocycles. The molecule has 2 aromatic carbocycles. The number of amides is 1. The second kappa shape index (κ2) is 7.04. The number of anilines is 1. The maximum absolute atomic E-state index is 12.0. The van der Waals surface area contributed by atoms with Gasteiger partial charge in [-0.1, -0.05) is 22.0 Å². The highest BCUT2D eigenvalue weighted by atomic mass is 79.9. The Morgan fingerprint density at radius 3 is 2.55 bits per heavy atom. The van der Waals surface area contributed by atoms with E-state index < -0.39 is 11.0 Å². The fraction of sp³-hybridized carbons (Fsp3) is 0.133. The standard InChI is InChI=1S/C15H13BrN2O4/c1-10(22-14-4-2-3-11(16)9-14)15(19)17-12-5-7-13(8-6-12)18(20)21/h2-10H,1H3,(H,17,19)/t10-/m0/s1. The maximum atomic E-state index is 12.0.